The lowest BCUT2D eigenvalue weighted by atomic mass is 10.1. The maximum Gasteiger partial charge on any atom is 0.345 e. The third kappa shape index (κ3) is 2.55. The molecule has 1 aromatic carbocycles. The number of ether oxygens (including phenoxy) is 1. The second kappa shape index (κ2) is 4.21. The zero-order chi connectivity index (χ0) is 10.6. The van der Waals surface area contributed by atoms with Crippen molar-refractivity contribution >= 4 is 5.97 Å². The molecule has 0 amide bonds. The van der Waals surface area contributed by atoms with Crippen LogP contribution >= 0.6 is 0 Å². The summed E-state index contributed by atoms with van der Waals surface area (Å²) in [6, 6.07) is 8.37. The van der Waals surface area contributed by atoms with Gasteiger partial charge in [-0.2, -0.15) is 0 Å². The van der Waals surface area contributed by atoms with Crippen molar-refractivity contribution in [1.82, 2.24) is 0 Å². The molecule has 0 radical (unpaired) electrons. The van der Waals surface area contributed by atoms with Crippen LogP contribution in [0.4, 0.5) is 0 Å². The van der Waals surface area contributed by atoms with Crippen molar-refractivity contribution in [2.24, 2.45) is 0 Å². The largest absolute Gasteiger partial charge is 0.424 e. The third-order valence-corrected chi connectivity index (χ3v) is 1.70. The summed E-state index contributed by atoms with van der Waals surface area (Å²) in [5.74, 6) is -0.530. The number of hydrogen-bond acceptors (Lipinski definition) is 4. The van der Waals surface area contributed by atoms with Gasteiger partial charge in [-0.3, -0.25) is 0 Å². The average molecular weight is 196 g/mol. The average Bonchev–Trinajstić information content (AvgIpc) is 2.19. The van der Waals surface area contributed by atoms with E-state index in [4.69, 9.17) is 9.84 Å². The predicted molar refractivity (Wildman–Crippen MR) is 49.8 cm³/mol. The highest BCUT2D eigenvalue weighted by Gasteiger charge is 2.31. The molecule has 0 saturated heterocycles. The fraction of sp³-hybridized carbons (Fsp3) is 0.300. The van der Waals surface area contributed by atoms with E-state index in [1.54, 1.807) is 30.3 Å². The fourth-order valence-electron chi connectivity index (χ4n) is 0.770. The molecule has 1 rings (SSSR count). The molecule has 2 N–H and O–H groups in total. The molecule has 4 heteroatoms. The molecule has 1 unspecified atom stereocenters. The summed E-state index contributed by atoms with van der Waals surface area (Å²) >= 11 is 0. The molecule has 0 saturated carbocycles. The van der Waals surface area contributed by atoms with E-state index in [1.165, 1.54) is 6.92 Å². The monoisotopic (exact) mass is 196 g/mol. The molecule has 0 aliphatic heterocycles. The van der Waals surface area contributed by atoms with Crippen molar-refractivity contribution in [2.45, 2.75) is 12.5 Å². The predicted octanol–water partition coefficient (Wildman–Crippen LogP) is 0.335. The molecule has 0 spiro atoms. The number of benzene rings is 1. The highest BCUT2D eigenvalue weighted by atomic mass is 16.6. The van der Waals surface area contributed by atoms with Gasteiger partial charge in [-0.15, -0.1) is 0 Å². The van der Waals surface area contributed by atoms with Crippen LogP contribution < -0.4 is 4.74 Å². The highest BCUT2D eigenvalue weighted by molar-refractivity contribution is 5.81. The Balaban J connectivity index is 2.67. The maximum atomic E-state index is 11.2. The zero-order valence-corrected chi connectivity index (χ0v) is 7.80. The van der Waals surface area contributed by atoms with Gasteiger partial charge in [-0.05, 0) is 19.1 Å². The SMILES string of the molecule is CC(O)(CO)C(=O)Oc1ccccc1. The first kappa shape index (κ1) is 10.7. The van der Waals surface area contributed by atoms with Gasteiger partial charge in [0.2, 0.25) is 0 Å². The van der Waals surface area contributed by atoms with Gasteiger partial charge in [0.15, 0.2) is 5.60 Å². The summed E-state index contributed by atoms with van der Waals surface area (Å²) in [5, 5.41) is 18.0. The van der Waals surface area contributed by atoms with E-state index in [0.29, 0.717) is 5.75 Å². The normalized spacial score (nSPS) is 14.5. The van der Waals surface area contributed by atoms with E-state index in [1.807, 2.05) is 0 Å². The fourth-order valence-corrected chi connectivity index (χ4v) is 0.770. The van der Waals surface area contributed by atoms with Crippen molar-refractivity contribution in [1.29, 1.82) is 0 Å². The number of carbonyl (C=O) groups is 1. The standard InChI is InChI=1S/C10H12O4/c1-10(13,7-11)9(12)14-8-5-3-2-4-6-8/h2-6,11,13H,7H2,1H3. The van der Waals surface area contributed by atoms with E-state index < -0.39 is 18.2 Å². The van der Waals surface area contributed by atoms with Crippen LogP contribution in [-0.2, 0) is 4.79 Å². The van der Waals surface area contributed by atoms with Gasteiger partial charge in [-0.1, -0.05) is 18.2 Å². The quantitative estimate of drug-likeness (QED) is 0.540. The van der Waals surface area contributed by atoms with Crippen LogP contribution in [-0.4, -0.2) is 28.4 Å². The number of aliphatic hydroxyl groups is 2. The summed E-state index contributed by atoms with van der Waals surface area (Å²) in [5.41, 5.74) is -1.85. The maximum absolute atomic E-state index is 11.2. The van der Waals surface area contributed by atoms with Crippen LogP contribution in [0.5, 0.6) is 5.75 Å². The van der Waals surface area contributed by atoms with Gasteiger partial charge < -0.3 is 14.9 Å². The first-order valence-electron chi connectivity index (χ1n) is 4.17. The number of para-hydroxylation sites is 1. The van der Waals surface area contributed by atoms with E-state index >= 15 is 0 Å². The Kier molecular flexibility index (Phi) is 3.22. The molecule has 0 aliphatic rings. The lowest BCUT2D eigenvalue weighted by molar-refractivity contribution is -0.157. The minimum Gasteiger partial charge on any atom is -0.424 e. The lowest BCUT2D eigenvalue weighted by Gasteiger charge is -2.17. The molecule has 14 heavy (non-hydrogen) atoms. The molecule has 4 nitrogen and oxygen atoms in total. The van der Waals surface area contributed by atoms with Gasteiger partial charge >= 0.3 is 5.97 Å². The van der Waals surface area contributed by atoms with Crippen molar-refractivity contribution in [3.8, 4) is 5.75 Å². The van der Waals surface area contributed by atoms with Gasteiger partial charge in [0.25, 0.3) is 0 Å². The van der Waals surface area contributed by atoms with Gasteiger partial charge in [0, 0.05) is 0 Å². The summed E-state index contributed by atoms with van der Waals surface area (Å²) in [4.78, 5) is 11.2. The Hall–Kier alpha value is -1.39. The van der Waals surface area contributed by atoms with Crippen molar-refractivity contribution < 1.29 is 19.7 Å². The Labute approximate surface area is 81.8 Å². The van der Waals surface area contributed by atoms with E-state index in [2.05, 4.69) is 0 Å². The minimum absolute atomic E-state index is 0.339. The van der Waals surface area contributed by atoms with E-state index in [9.17, 15) is 9.90 Å². The second-order valence-corrected chi connectivity index (χ2v) is 3.13. The molecule has 1 atom stereocenters. The molecule has 1 aromatic rings. The van der Waals surface area contributed by atoms with E-state index in [-0.39, 0.29) is 0 Å². The number of hydrogen-bond donors (Lipinski definition) is 2. The van der Waals surface area contributed by atoms with Crippen LogP contribution in [0.15, 0.2) is 30.3 Å². The summed E-state index contributed by atoms with van der Waals surface area (Å²) in [6.07, 6.45) is 0. The third-order valence-electron chi connectivity index (χ3n) is 1.70. The Morgan fingerprint density at radius 1 is 1.43 bits per heavy atom. The lowest BCUT2D eigenvalue weighted by Crippen LogP contribution is -2.42. The second-order valence-electron chi connectivity index (χ2n) is 3.13. The van der Waals surface area contributed by atoms with Crippen LogP contribution in [0.3, 0.4) is 0 Å². The van der Waals surface area contributed by atoms with Gasteiger partial charge in [-0.25, -0.2) is 4.79 Å². The topological polar surface area (TPSA) is 66.8 Å². The zero-order valence-electron chi connectivity index (χ0n) is 7.80. The summed E-state index contributed by atoms with van der Waals surface area (Å²) < 4.78 is 4.82. The minimum atomic E-state index is -1.85. The molecule has 0 aromatic heterocycles. The summed E-state index contributed by atoms with van der Waals surface area (Å²) in [7, 11) is 0. The van der Waals surface area contributed by atoms with Crippen molar-refractivity contribution in [3.63, 3.8) is 0 Å². The number of aliphatic hydroxyl groups excluding tert-OH is 1. The molecule has 0 aliphatic carbocycles. The number of esters is 1. The van der Waals surface area contributed by atoms with Gasteiger partial charge in [0.1, 0.15) is 5.75 Å². The summed E-state index contributed by atoms with van der Waals surface area (Å²) in [6.45, 7) is 0.525. The first-order chi connectivity index (χ1) is 6.56. The van der Waals surface area contributed by atoms with Crippen LogP contribution in [0.25, 0.3) is 0 Å². The number of carbonyl (C=O) groups excluding carboxylic acids is 1. The molecule has 0 bridgehead atoms. The smallest absolute Gasteiger partial charge is 0.345 e. The molecular formula is C10H12O4. The van der Waals surface area contributed by atoms with Crippen molar-refractivity contribution in [3.05, 3.63) is 30.3 Å². The number of rotatable bonds is 3. The molecule has 0 heterocycles. The van der Waals surface area contributed by atoms with Crippen LogP contribution in [0.2, 0.25) is 0 Å². The highest BCUT2D eigenvalue weighted by Crippen LogP contribution is 2.12. The molecule has 76 valence electrons. The Morgan fingerprint density at radius 2 is 2.00 bits per heavy atom. The van der Waals surface area contributed by atoms with Crippen LogP contribution in [0.1, 0.15) is 6.92 Å². The van der Waals surface area contributed by atoms with Crippen molar-refractivity contribution in [2.75, 3.05) is 6.61 Å². The molecular weight excluding hydrogens is 184 g/mol. The van der Waals surface area contributed by atoms with Gasteiger partial charge in [0.05, 0.1) is 6.61 Å². The Morgan fingerprint density at radius 3 is 2.50 bits per heavy atom. The van der Waals surface area contributed by atoms with Crippen LogP contribution in [0, 0.1) is 0 Å². The Bertz CT molecular complexity index is 305. The van der Waals surface area contributed by atoms with E-state index in [0.717, 1.165) is 0 Å². The molecule has 0 fully saturated rings. The first-order valence-corrected chi connectivity index (χ1v) is 4.17.